The number of rotatable bonds is 3. The highest BCUT2D eigenvalue weighted by Gasteiger charge is 2.43. The van der Waals surface area contributed by atoms with E-state index in [9.17, 15) is 9.90 Å². The number of carbonyl (C=O) groups is 1. The van der Waals surface area contributed by atoms with E-state index in [0.29, 0.717) is 6.54 Å². The summed E-state index contributed by atoms with van der Waals surface area (Å²) in [6.07, 6.45) is 0.0284. The molecule has 1 amide bonds. The van der Waals surface area contributed by atoms with Crippen molar-refractivity contribution in [1.29, 1.82) is 0 Å². The normalized spacial score (nSPS) is 29.4. The first kappa shape index (κ1) is 14.9. The van der Waals surface area contributed by atoms with Crippen LogP contribution < -0.4 is 4.90 Å². The summed E-state index contributed by atoms with van der Waals surface area (Å²) in [5.74, 6) is 0.310. The molecular weight excluding hydrogens is 254 g/mol. The molecule has 1 aliphatic rings. The standard InChI is InChI=1S/C16H23NO3/c1-5-17(13-7-6-8-14(18)9-13)16(19)15-10(2)11(3)20-12(15)4/h6-12,15,18H,5H2,1-4H3. The van der Waals surface area contributed by atoms with Crippen LogP contribution in [-0.2, 0) is 9.53 Å². The van der Waals surface area contributed by atoms with Crippen LogP contribution in [0.3, 0.4) is 0 Å². The fraction of sp³-hybridized carbons (Fsp3) is 0.562. The number of hydrogen-bond acceptors (Lipinski definition) is 3. The second kappa shape index (κ2) is 5.83. The molecule has 0 saturated carbocycles. The van der Waals surface area contributed by atoms with E-state index in [4.69, 9.17) is 4.74 Å². The first-order valence-corrected chi connectivity index (χ1v) is 7.21. The number of nitrogens with zero attached hydrogens (tertiary/aromatic N) is 1. The molecule has 20 heavy (non-hydrogen) atoms. The monoisotopic (exact) mass is 277 g/mol. The zero-order valence-corrected chi connectivity index (χ0v) is 12.5. The Morgan fingerprint density at radius 1 is 1.30 bits per heavy atom. The molecule has 0 aromatic heterocycles. The van der Waals surface area contributed by atoms with Gasteiger partial charge in [0.2, 0.25) is 5.91 Å². The van der Waals surface area contributed by atoms with E-state index >= 15 is 0 Å². The van der Waals surface area contributed by atoms with Gasteiger partial charge >= 0.3 is 0 Å². The molecule has 0 radical (unpaired) electrons. The molecule has 1 saturated heterocycles. The van der Waals surface area contributed by atoms with Crippen LogP contribution in [0.4, 0.5) is 5.69 Å². The number of ether oxygens (including phenoxy) is 1. The maximum absolute atomic E-state index is 12.8. The number of carbonyl (C=O) groups excluding carboxylic acids is 1. The minimum atomic E-state index is -0.132. The van der Waals surface area contributed by atoms with Gasteiger partial charge in [0.25, 0.3) is 0 Å². The Hall–Kier alpha value is -1.55. The lowest BCUT2D eigenvalue weighted by Gasteiger charge is -2.27. The van der Waals surface area contributed by atoms with E-state index in [0.717, 1.165) is 5.69 Å². The Labute approximate surface area is 120 Å². The Morgan fingerprint density at radius 3 is 2.50 bits per heavy atom. The van der Waals surface area contributed by atoms with Gasteiger partial charge in [-0.2, -0.15) is 0 Å². The molecule has 0 bridgehead atoms. The fourth-order valence-corrected chi connectivity index (χ4v) is 3.00. The molecule has 0 aliphatic carbocycles. The summed E-state index contributed by atoms with van der Waals surface area (Å²) in [6.45, 7) is 8.55. The van der Waals surface area contributed by atoms with Crippen LogP contribution in [0.15, 0.2) is 24.3 Å². The SMILES string of the molecule is CCN(C(=O)C1C(C)OC(C)C1C)c1cccc(O)c1. The van der Waals surface area contributed by atoms with Gasteiger partial charge in [-0.25, -0.2) is 0 Å². The second-order valence-electron chi connectivity index (χ2n) is 5.53. The van der Waals surface area contributed by atoms with Crippen molar-refractivity contribution in [3.8, 4) is 5.75 Å². The van der Waals surface area contributed by atoms with Crippen molar-refractivity contribution in [2.75, 3.05) is 11.4 Å². The third-order valence-electron chi connectivity index (χ3n) is 4.25. The average Bonchev–Trinajstić information content (AvgIpc) is 2.64. The molecule has 1 aromatic rings. The van der Waals surface area contributed by atoms with E-state index in [1.54, 1.807) is 23.1 Å². The molecule has 4 unspecified atom stereocenters. The van der Waals surface area contributed by atoms with Gasteiger partial charge in [0, 0.05) is 18.3 Å². The van der Waals surface area contributed by atoms with Crippen LogP contribution in [0, 0.1) is 11.8 Å². The number of anilines is 1. The highest BCUT2D eigenvalue weighted by molar-refractivity contribution is 5.95. The van der Waals surface area contributed by atoms with Crippen LogP contribution in [0.1, 0.15) is 27.7 Å². The van der Waals surface area contributed by atoms with Crippen molar-refractivity contribution in [2.24, 2.45) is 11.8 Å². The summed E-state index contributed by atoms with van der Waals surface area (Å²) < 4.78 is 5.76. The van der Waals surface area contributed by atoms with Crippen LogP contribution in [0.25, 0.3) is 0 Å². The van der Waals surface area contributed by atoms with E-state index in [2.05, 4.69) is 6.92 Å². The first-order chi connectivity index (χ1) is 9.45. The van der Waals surface area contributed by atoms with Gasteiger partial charge in [0.05, 0.1) is 18.1 Å². The Kier molecular flexibility index (Phi) is 4.33. The van der Waals surface area contributed by atoms with Gasteiger partial charge in [-0.15, -0.1) is 0 Å². The van der Waals surface area contributed by atoms with Crippen LogP contribution >= 0.6 is 0 Å². The van der Waals surface area contributed by atoms with Crippen molar-refractivity contribution in [2.45, 2.75) is 39.9 Å². The van der Waals surface area contributed by atoms with Gasteiger partial charge in [-0.05, 0) is 38.8 Å². The molecule has 4 nitrogen and oxygen atoms in total. The topological polar surface area (TPSA) is 49.8 Å². The van der Waals surface area contributed by atoms with E-state index in [1.165, 1.54) is 0 Å². The second-order valence-corrected chi connectivity index (χ2v) is 5.53. The molecule has 1 fully saturated rings. The molecule has 4 heteroatoms. The third-order valence-corrected chi connectivity index (χ3v) is 4.25. The number of phenolic OH excluding ortho intramolecular Hbond substituents is 1. The maximum atomic E-state index is 12.8. The van der Waals surface area contributed by atoms with Crippen LogP contribution in [-0.4, -0.2) is 29.8 Å². The summed E-state index contributed by atoms with van der Waals surface area (Å²) in [5, 5.41) is 9.59. The van der Waals surface area contributed by atoms with Crippen molar-refractivity contribution >= 4 is 11.6 Å². The van der Waals surface area contributed by atoms with E-state index in [-0.39, 0.29) is 35.7 Å². The Morgan fingerprint density at radius 2 is 2.00 bits per heavy atom. The summed E-state index contributed by atoms with van der Waals surface area (Å²) in [7, 11) is 0. The van der Waals surface area contributed by atoms with Gasteiger partial charge < -0.3 is 14.7 Å². The quantitative estimate of drug-likeness (QED) is 0.924. The average molecular weight is 277 g/mol. The first-order valence-electron chi connectivity index (χ1n) is 7.21. The van der Waals surface area contributed by atoms with Crippen LogP contribution in [0.5, 0.6) is 5.75 Å². The van der Waals surface area contributed by atoms with Crippen LogP contribution in [0.2, 0.25) is 0 Å². The summed E-state index contributed by atoms with van der Waals surface area (Å²) >= 11 is 0. The summed E-state index contributed by atoms with van der Waals surface area (Å²) in [6, 6.07) is 6.82. The van der Waals surface area contributed by atoms with Gasteiger partial charge in [-0.1, -0.05) is 13.0 Å². The molecule has 1 heterocycles. The highest BCUT2D eigenvalue weighted by atomic mass is 16.5. The molecule has 1 aromatic carbocycles. The lowest BCUT2D eigenvalue weighted by atomic mass is 9.88. The molecule has 4 atom stereocenters. The van der Waals surface area contributed by atoms with E-state index in [1.807, 2.05) is 26.8 Å². The van der Waals surface area contributed by atoms with Gasteiger partial charge in [-0.3, -0.25) is 4.79 Å². The van der Waals surface area contributed by atoms with Gasteiger partial charge in [0.1, 0.15) is 5.75 Å². The molecule has 1 N–H and O–H groups in total. The smallest absolute Gasteiger partial charge is 0.233 e. The molecule has 1 aliphatic heterocycles. The zero-order chi connectivity index (χ0) is 14.9. The Bertz CT molecular complexity index is 488. The zero-order valence-electron chi connectivity index (χ0n) is 12.5. The number of amides is 1. The van der Waals surface area contributed by atoms with Crippen molar-refractivity contribution in [3.05, 3.63) is 24.3 Å². The van der Waals surface area contributed by atoms with Gasteiger partial charge in [0.15, 0.2) is 0 Å². The highest BCUT2D eigenvalue weighted by Crippen LogP contribution is 2.34. The number of benzene rings is 1. The largest absolute Gasteiger partial charge is 0.508 e. The van der Waals surface area contributed by atoms with E-state index < -0.39 is 0 Å². The minimum absolute atomic E-state index is 0.0705. The molecular formula is C16H23NO3. The summed E-state index contributed by atoms with van der Waals surface area (Å²) in [5.41, 5.74) is 0.733. The third kappa shape index (κ3) is 2.66. The molecule has 2 rings (SSSR count). The number of phenols is 1. The molecule has 0 spiro atoms. The predicted molar refractivity (Wildman–Crippen MR) is 78.8 cm³/mol. The maximum Gasteiger partial charge on any atom is 0.233 e. The summed E-state index contributed by atoms with van der Waals surface area (Å²) in [4.78, 5) is 14.5. The Balaban J connectivity index is 2.26. The lowest BCUT2D eigenvalue weighted by Crippen LogP contribution is -2.41. The van der Waals surface area contributed by atoms with Crippen molar-refractivity contribution in [1.82, 2.24) is 0 Å². The number of aromatic hydroxyl groups is 1. The predicted octanol–water partition coefficient (Wildman–Crippen LogP) is 2.80. The molecule has 110 valence electrons. The lowest BCUT2D eigenvalue weighted by molar-refractivity contribution is -0.124. The van der Waals surface area contributed by atoms with Crippen molar-refractivity contribution in [3.63, 3.8) is 0 Å². The van der Waals surface area contributed by atoms with Crippen molar-refractivity contribution < 1.29 is 14.6 Å². The fourth-order valence-electron chi connectivity index (χ4n) is 3.00. The minimum Gasteiger partial charge on any atom is -0.508 e. The number of hydrogen-bond donors (Lipinski definition) is 1.